The number of ether oxygens (including phenoxy) is 2. The van der Waals surface area contributed by atoms with Crippen LogP contribution < -0.4 is 4.74 Å². The van der Waals surface area contributed by atoms with E-state index in [1.54, 1.807) is 13.0 Å². The van der Waals surface area contributed by atoms with Gasteiger partial charge < -0.3 is 9.47 Å². The van der Waals surface area contributed by atoms with Crippen LogP contribution in [0.1, 0.15) is 34.8 Å². The van der Waals surface area contributed by atoms with Gasteiger partial charge in [0, 0.05) is 24.5 Å². The zero-order valence-electron chi connectivity index (χ0n) is 19.8. The first kappa shape index (κ1) is 32.3. The van der Waals surface area contributed by atoms with Crippen molar-refractivity contribution in [3.05, 3.63) is 57.1 Å². The van der Waals surface area contributed by atoms with Crippen molar-refractivity contribution >= 4 is 46.7 Å². The van der Waals surface area contributed by atoms with Gasteiger partial charge in [0.1, 0.15) is 11.8 Å². The summed E-state index contributed by atoms with van der Waals surface area (Å²) in [5.74, 6) is -7.60. The van der Waals surface area contributed by atoms with Gasteiger partial charge in [-0.05, 0) is 37.3 Å². The van der Waals surface area contributed by atoms with Crippen LogP contribution in [0, 0.1) is 11.3 Å². The minimum atomic E-state index is -5.90. The molecule has 8 nitrogen and oxygen atoms in total. The molecule has 0 atom stereocenters. The lowest BCUT2D eigenvalue weighted by Gasteiger charge is -2.21. The summed E-state index contributed by atoms with van der Waals surface area (Å²) in [7, 11) is 0. The number of nitrogens with zero attached hydrogens (tertiary/aromatic N) is 2. The summed E-state index contributed by atoms with van der Waals surface area (Å²) >= 11 is 17.4. The van der Waals surface area contributed by atoms with E-state index in [0.29, 0.717) is 12.1 Å². The Labute approximate surface area is 233 Å². The Morgan fingerprint density at radius 3 is 2.23 bits per heavy atom. The van der Waals surface area contributed by atoms with Crippen LogP contribution in [0.3, 0.4) is 0 Å². The van der Waals surface area contributed by atoms with E-state index in [9.17, 15) is 36.8 Å². The highest BCUT2D eigenvalue weighted by molar-refractivity contribution is 6.37. The van der Waals surface area contributed by atoms with E-state index < -0.39 is 45.4 Å². The van der Waals surface area contributed by atoms with E-state index in [4.69, 9.17) is 54.2 Å². The first-order chi connectivity index (χ1) is 18.2. The zero-order valence-corrected chi connectivity index (χ0v) is 22.1. The standard InChI is InChI=1S/C23H18Cl3F5N2O6/c1-2-36-19(34)5-7-33(8-6-24)39-38-21(35)16-11-15(4-3-13(16)12-32)37-20-17(25)9-14(10-18(20)26)22(27,28)23(29,30)31/h3-4,9-11H,2,5-8H2,1H3. The molecule has 0 heterocycles. The molecule has 0 radical (unpaired) electrons. The Morgan fingerprint density at radius 2 is 1.69 bits per heavy atom. The molecule has 0 aromatic heterocycles. The molecule has 0 unspecified atom stereocenters. The van der Waals surface area contributed by atoms with E-state index in [-0.39, 0.29) is 48.9 Å². The number of hydrogen-bond donors (Lipinski definition) is 0. The Balaban J connectivity index is 2.24. The van der Waals surface area contributed by atoms with E-state index >= 15 is 0 Å². The number of carbonyl (C=O) groups excluding carboxylic acids is 2. The van der Waals surface area contributed by atoms with Crippen LogP contribution in [-0.4, -0.2) is 48.8 Å². The van der Waals surface area contributed by atoms with Crippen LogP contribution >= 0.6 is 34.8 Å². The summed E-state index contributed by atoms with van der Waals surface area (Å²) in [5, 5.41) is 9.04. The molecule has 0 aliphatic heterocycles. The van der Waals surface area contributed by atoms with Gasteiger partial charge in [-0.1, -0.05) is 28.2 Å². The number of esters is 1. The van der Waals surface area contributed by atoms with Crippen molar-refractivity contribution in [2.24, 2.45) is 0 Å². The van der Waals surface area contributed by atoms with Gasteiger partial charge in [-0.15, -0.1) is 16.7 Å². The molecule has 16 heteroatoms. The van der Waals surface area contributed by atoms with Crippen molar-refractivity contribution in [1.29, 1.82) is 5.26 Å². The molecule has 212 valence electrons. The topological polar surface area (TPSA) is 98.1 Å². The molecule has 2 aromatic carbocycles. The fraction of sp³-hybridized carbons (Fsp3) is 0.348. The third kappa shape index (κ3) is 8.55. The zero-order chi connectivity index (χ0) is 29.4. The second-order valence-corrected chi connectivity index (χ2v) is 8.57. The molecular formula is C23H18Cl3F5N2O6. The van der Waals surface area contributed by atoms with Gasteiger partial charge >= 0.3 is 24.0 Å². The lowest BCUT2D eigenvalue weighted by Crippen LogP contribution is -2.33. The molecule has 0 amide bonds. The average Bonchev–Trinajstić information content (AvgIpc) is 2.86. The summed E-state index contributed by atoms with van der Waals surface area (Å²) in [6.45, 7) is 1.79. The molecule has 0 aliphatic rings. The Morgan fingerprint density at radius 1 is 1.05 bits per heavy atom. The largest absolute Gasteiger partial charge is 0.466 e. The summed E-state index contributed by atoms with van der Waals surface area (Å²) in [6.07, 6.45) is -6.01. The SMILES string of the molecule is CCOC(=O)CCN(CCCl)OOC(=O)c1cc(Oc2c(Cl)cc(C(F)(F)C(F)(F)F)cc2Cl)ccc1C#N. The Kier molecular flexibility index (Phi) is 11.6. The summed E-state index contributed by atoms with van der Waals surface area (Å²) in [6, 6.07) is 5.74. The number of carbonyl (C=O) groups is 2. The van der Waals surface area contributed by atoms with Gasteiger partial charge in [-0.3, -0.25) is 9.68 Å². The molecule has 0 spiro atoms. The van der Waals surface area contributed by atoms with E-state index in [0.717, 1.165) is 17.2 Å². The smallest absolute Gasteiger partial charge is 0.458 e. The lowest BCUT2D eigenvalue weighted by molar-refractivity contribution is -0.386. The molecule has 2 rings (SSSR count). The summed E-state index contributed by atoms with van der Waals surface area (Å²) < 4.78 is 75.7. The van der Waals surface area contributed by atoms with Gasteiger partial charge in [0.2, 0.25) is 0 Å². The molecule has 2 aromatic rings. The number of hydroxylamine groups is 2. The normalized spacial score (nSPS) is 11.7. The van der Waals surface area contributed by atoms with Crippen LogP contribution in [0.2, 0.25) is 10.0 Å². The first-order valence-electron chi connectivity index (χ1n) is 10.8. The maximum absolute atomic E-state index is 13.7. The molecule has 0 saturated heterocycles. The maximum atomic E-state index is 13.7. The predicted octanol–water partition coefficient (Wildman–Crippen LogP) is 6.81. The molecule has 0 aliphatic carbocycles. The van der Waals surface area contributed by atoms with Gasteiger partial charge in [0.25, 0.3) is 0 Å². The van der Waals surface area contributed by atoms with Crippen molar-refractivity contribution < 1.29 is 50.9 Å². The van der Waals surface area contributed by atoms with E-state index in [1.807, 2.05) is 0 Å². The molecular weight excluding hydrogens is 602 g/mol. The third-order valence-electron chi connectivity index (χ3n) is 4.69. The third-order valence-corrected chi connectivity index (χ3v) is 5.42. The number of hydrogen-bond acceptors (Lipinski definition) is 8. The van der Waals surface area contributed by atoms with Crippen molar-refractivity contribution in [3.63, 3.8) is 0 Å². The van der Waals surface area contributed by atoms with Crippen LogP contribution in [-0.2, 0) is 25.3 Å². The lowest BCUT2D eigenvalue weighted by atomic mass is 10.1. The van der Waals surface area contributed by atoms with Crippen molar-refractivity contribution in [2.45, 2.75) is 25.4 Å². The van der Waals surface area contributed by atoms with Gasteiger partial charge in [0.05, 0.1) is 34.2 Å². The van der Waals surface area contributed by atoms with Crippen molar-refractivity contribution in [2.75, 3.05) is 25.6 Å². The highest BCUT2D eigenvalue weighted by Crippen LogP contribution is 2.47. The Bertz CT molecular complexity index is 1220. The molecule has 39 heavy (non-hydrogen) atoms. The van der Waals surface area contributed by atoms with Crippen LogP contribution in [0.15, 0.2) is 30.3 Å². The summed E-state index contributed by atoms with van der Waals surface area (Å²) in [5.41, 5.74) is -2.08. The fourth-order valence-electron chi connectivity index (χ4n) is 2.83. The Hall–Kier alpha value is -2.89. The second-order valence-electron chi connectivity index (χ2n) is 7.38. The van der Waals surface area contributed by atoms with Gasteiger partial charge in [-0.2, -0.15) is 27.2 Å². The minimum Gasteiger partial charge on any atom is -0.466 e. The monoisotopic (exact) mass is 618 g/mol. The second kappa shape index (κ2) is 14.0. The fourth-order valence-corrected chi connectivity index (χ4v) is 3.59. The number of benzene rings is 2. The molecule has 0 N–H and O–H groups in total. The van der Waals surface area contributed by atoms with Crippen molar-refractivity contribution in [3.8, 4) is 17.6 Å². The number of alkyl halides is 6. The van der Waals surface area contributed by atoms with Gasteiger partial charge in [0.15, 0.2) is 5.75 Å². The van der Waals surface area contributed by atoms with Crippen LogP contribution in [0.4, 0.5) is 22.0 Å². The predicted molar refractivity (Wildman–Crippen MR) is 128 cm³/mol. The quantitative estimate of drug-likeness (QED) is 0.0841. The van der Waals surface area contributed by atoms with Crippen molar-refractivity contribution in [1.82, 2.24) is 5.06 Å². The highest BCUT2D eigenvalue weighted by Gasteiger charge is 2.59. The molecule has 0 bridgehead atoms. The maximum Gasteiger partial charge on any atom is 0.458 e. The number of halogens is 8. The van der Waals surface area contributed by atoms with Gasteiger partial charge in [-0.25, -0.2) is 4.79 Å². The van der Waals surface area contributed by atoms with E-state index in [1.165, 1.54) is 6.07 Å². The molecule has 0 fully saturated rings. The number of rotatable bonds is 12. The van der Waals surface area contributed by atoms with Crippen LogP contribution in [0.5, 0.6) is 11.5 Å². The minimum absolute atomic E-state index is 0.0440. The first-order valence-corrected chi connectivity index (χ1v) is 12.1. The van der Waals surface area contributed by atoms with E-state index in [2.05, 4.69) is 0 Å². The number of nitriles is 1. The highest BCUT2D eigenvalue weighted by atomic mass is 35.5. The molecule has 0 saturated carbocycles. The van der Waals surface area contributed by atoms with Crippen LogP contribution in [0.25, 0.3) is 0 Å². The summed E-state index contributed by atoms with van der Waals surface area (Å²) in [4.78, 5) is 33.8. The average molecular weight is 620 g/mol.